The third kappa shape index (κ3) is 4.86. The molecule has 1 saturated heterocycles. The molecule has 0 bridgehead atoms. The van der Waals surface area contributed by atoms with E-state index in [9.17, 15) is 27.9 Å². The summed E-state index contributed by atoms with van der Waals surface area (Å²) in [6.07, 6.45) is 3.62. The number of aliphatic hydroxyl groups is 1. The molecule has 11 heteroatoms. The number of carbonyl (C=O) groups is 3. The fraction of sp³-hybridized carbons (Fsp3) is 0.391. The fourth-order valence-corrected chi connectivity index (χ4v) is 5.61. The van der Waals surface area contributed by atoms with Crippen molar-refractivity contribution in [1.82, 2.24) is 15.0 Å². The Bertz CT molecular complexity index is 1250. The normalized spacial score (nSPS) is 26.2. The van der Waals surface area contributed by atoms with Gasteiger partial charge in [-0.2, -0.15) is 4.72 Å². The summed E-state index contributed by atoms with van der Waals surface area (Å²) >= 11 is 0. The van der Waals surface area contributed by atoms with Gasteiger partial charge in [0.05, 0.1) is 12.5 Å². The maximum Gasteiger partial charge on any atom is 0.310 e. The average molecular weight is 488 g/mol. The van der Waals surface area contributed by atoms with Crippen molar-refractivity contribution in [1.29, 1.82) is 0 Å². The molecule has 1 fully saturated rings. The number of hydrogen-bond donors (Lipinski definition) is 3. The van der Waals surface area contributed by atoms with Gasteiger partial charge < -0.3 is 15.2 Å². The van der Waals surface area contributed by atoms with E-state index in [1.165, 1.54) is 6.20 Å². The van der Waals surface area contributed by atoms with Crippen molar-refractivity contribution in [2.45, 2.75) is 49.6 Å². The van der Waals surface area contributed by atoms with Gasteiger partial charge in [0.1, 0.15) is 6.04 Å². The van der Waals surface area contributed by atoms with Crippen LogP contribution in [-0.2, 0) is 29.1 Å². The number of Topliss-reactive ketones (excluding diaryl/α,β-unsaturated/α-hetero) is 1. The zero-order valence-electron chi connectivity index (χ0n) is 18.4. The second kappa shape index (κ2) is 9.61. The van der Waals surface area contributed by atoms with Crippen LogP contribution in [0, 0.1) is 11.8 Å². The van der Waals surface area contributed by atoms with Gasteiger partial charge in [-0.1, -0.05) is 43.3 Å². The van der Waals surface area contributed by atoms with Gasteiger partial charge in [-0.3, -0.25) is 14.4 Å². The van der Waals surface area contributed by atoms with Gasteiger partial charge in [0.25, 0.3) is 10.0 Å². The van der Waals surface area contributed by atoms with Gasteiger partial charge in [0, 0.05) is 23.4 Å². The van der Waals surface area contributed by atoms with E-state index in [-0.39, 0.29) is 24.3 Å². The molecule has 2 aliphatic rings. The van der Waals surface area contributed by atoms with Crippen LogP contribution >= 0.6 is 0 Å². The molecule has 5 unspecified atom stereocenters. The highest BCUT2D eigenvalue weighted by Gasteiger charge is 2.40. The molecule has 4 rings (SSSR count). The van der Waals surface area contributed by atoms with Crippen LogP contribution in [-0.4, -0.2) is 54.5 Å². The lowest BCUT2D eigenvalue weighted by molar-refractivity contribution is -0.155. The summed E-state index contributed by atoms with van der Waals surface area (Å²) in [6.45, 7) is 1.55. The van der Waals surface area contributed by atoms with Crippen LogP contribution in [0.1, 0.15) is 26.2 Å². The number of benzene rings is 1. The minimum absolute atomic E-state index is 0.136. The second-order valence-electron chi connectivity index (χ2n) is 8.45. The van der Waals surface area contributed by atoms with Crippen molar-refractivity contribution in [3.05, 3.63) is 48.7 Å². The summed E-state index contributed by atoms with van der Waals surface area (Å²) in [5.74, 6) is -3.22. The number of nitrogens with one attached hydrogen (secondary N) is 2. The summed E-state index contributed by atoms with van der Waals surface area (Å²) in [5.41, 5.74) is 0. The molecule has 180 valence electrons. The second-order valence-corrected chi connectivity index (χ2v) is 10.1. The van der Waals surface area contributed by atoms with Crippen LogP contribution in [0.2, 0.25) is 0 Å². The molecule has 3 N–H and O–H groups in total. The van der Waals surface area contributed by atoms with E-state index in [1.54, 1.807) is 49.4 Å². The lowest BCUT2D eigenvalue weighted by Gasteiger charge is -2.25. The zero-order chi connectivity index (χ0) is 24.5. The quantitative estimate of drug-likeness (QED) is 0.400. The zero-order valence-corrected chi connectivity index (χ0v) is 19.2. The molecule has 0 spiro atoms. The minimum atomic E-state index is -4.14. The number of pyridine rings is 1. The summed E-state index contributed by atoms with van der Waals surface area (Å²) in [5, 5.41) is 13.2. The summed E-state index contributed by atoms with van der Waals surface area (Å²) < 4.78 is 33.5. The highest BCUT2D eigenvalue weighted by atomic mass is 32.2. The Balaban J connectivity index is 1.52. The highest BCUT2D eigenvalue weighted by molar-refractivity contribution is 7.89. The molecule has 1 aromatic carbocycles. The Morgan fingerprint density at radius 2 is 1.91 bits per heavy atom. The van der Waals surface area contributed by atoms with Crippen molar-refractivity contribution in [2.75, 3.05) is 0 Å². The molecule has 1 amide bonds. The van der Waals surface area contributed by atoms with Crippen molar-refractivity contribution in [3.8, 4) is 0 Å². The number of allylic oxidation sites excluding steroid dienone is 1. The molecule has 2 aromatic rings. The number of ether oxygens (including phenoxy) is 1. The van der Waals surface area contributed by atoms with E-state index in [4.69, 9.17) is 0 Å². The largest absolute Gasteiger partial charge is 0.434 e. The van der Waals surface area contributed by atoms with Gasteiger partial charge in [0.2, 0.25) is 12.2 Å². The van der Waals surface area contributed by atoms with E-state index < -0.39 is 57.9 Å². The molecule has 1 aliphatic carbocycles. The first-order chi connectivity index (χ1) is 16.2. The number of aliphatic hydroxyl groups excluding tert-OH is 1. The number of sulfonamides is 1. The van der Waals surface area contributed by atoms with E-state index in [1.807, 2.05) is 0 Å². The SMILES string of the molecule is CC(C(=O)NC1CC(=O)OC1O)C1CC=CCC(NS(=O)(=O)c2nccc3ccccc23)C1=O. The van der Waals surface area contributed by atoms with Gasteiger partial charge >= 0.3 is 5.97 Å². The van der Waals surface area contributed by atoms with Crippen LogP contribution in [0.3, 0.4) is 0 Å². The van der Waals surface area contributed by atoms with Gasteiger partial charge in [-0.25, -0.2) is 13.4 Å². The van der Waals surface area contributed by atoms with Gasteiger partial charge in [0.15, 0.2) is 10.8 Å². The van der Waals surface area contributed by atoms with E-state index in [0.29, 0.717) is 10.8 Å². The Hall–Kier alpha value is -3.15. The molecule has 0 radical (unpaired) electrons. The lowest BCUT2D eigenvalue weighted by Crippen LogP contribution is -2.48. The van der Waals surface area contributed by atoms with Crippen molar-refractivity contribution in [2.24, 2.45) is 11.8 Å². The number of rotatable bonds is 6. The maximum atomic E-state index is 13.3. The van der Waals surface area contributed by atoms with E-state index in [0.717, 1.165) is 0 Å². The Morgan fingerprint density at radius 3 is 2.65 bits per heavy atom. The third-order valence-corrected chi connectivity index (χ3v) is 7.58. The van der Waals surface area contributed by atoms with Crippen LogP contribution in [0.4, 0.5) is 0 Å². The number of fused-ring (bicyclic) bond motifs is 1. The predicted molar refractivity (Wildman–Crippen MR) is 121 cm³/mol. The van der Waals surface area contributed by atoms with E-state index >= 15 is 0 Å². The first-order valence-electron chi connectivity index (χ1n) is 10.9. The van der Waals surface area contributed by atoms with Crippen LogP contribution in [0.25, 0.3) is 10.8 Å². The Labute approximate surface area is 196 Å². The number of cyclic esters (lactones) is 1. The lowest BCUT2D eigenvalue weighted by atomic mass is 9.84. The number of esters is 1. The first kappa shape index (κ1) is 24.0. The maximum absolute atomic E-state index is 13.3. The Kier molecular flexibility index (Phi) is 6.78. The van der Waals surface area contributed by atoms with Crippen molar-refractivity contribution < 1.29 is 32.6 Å². The number of ketones is 1. The predicted octanol–water partition coefficient (Wildman–Crippen LogP) is 0.803. The number of carbonyl (C=O) groups excluding carboxylic acids is 3. The molecular formula is C23H25N3O7S. The van der Waals surface area contributed by atoms with Crippen molar-refractivity contribution in [3.63, 3.8) is 0 Å². The highest BCUT2D eigenvalue weighted by Crippen LogP contribution is 2.26. The molecular weight excluding hydrogens is 462 g/mol. The number of hydrogen-bond acceptors (Lipinski definition) is 8. The number of aromatic nitrogens is 1. The summed E-state index contributed by atoms with van der Waals surface area (Å²) in [4.78, 5) is 41.4. The fourth-order valence-electron chi connectivity index (χ4n) is 4.24. The Morgan fingerprint density at radius 1 is 1.18 bits per heavy atom. The van der Waals surface area contributed by atoms with Crippen molar-refractivity contribution >= 4 is 38.5 Å². The summed E-state index contributed by atoms with van der Waals surface area (Å²) in [6, 6.07) is 6.63. The van der Waals surface area contributed by atoms with Crippen LogP contribution in [0.15, 0.2) is 53.7 Å². The first-order valence-corrected chi connectivity index (χ1v) is 12.4. The smallest absolute Gasteiger partial charge is 0.310 e. The monoisotopic (exact) mass is 487 g/mol. The summed E-state index contributed by atoms with van der Waals surface area (Å²) in [7, 11) is -4.14. The molecule has 10 nitrogen and oxygen atoms in total. The standard InChI is InChI=1S/C23H25N3O7S/c1-13(21(29)25-18-12-19(27)33-23(18)30)15-7-4-5-9-17(20(15)28)26-34(31,32)22-16-8-3-2-6-14(16)10-11-24-22/h2-6,8,10-11,13,15,17-18,23,26,30H,7,9,12H2,1H3,(H,25,29). The number of nitrogens with zero attached hydrogens (tertiary/aromatic N) is 1. The molecule has 34 heavy (non-hydrogen) atoms. The van der Waals surface area contributed by atoms with Gasteiger partial charge in [-0.15, -0.1) is 0 Å². The van der Waals surface area contributed by atoms with Crippen LogP contribution in [0.5, 0.6) is 0 Å². The van der Waals surface area contributed by atoms with Gasteiger partial charge in [-0.05, 0) is 24.3 Å². The average Bonchev–Trinajstić information content (AvgIpc) is 3.01. The van der Waals surface area contributed by atoms with E-state index in [2.05, 4.69) is 19.8 Å². The number of amides is 1. The topological polar surface area (TPSA) is 152 Å². The molecule has 1 aromatic heterocycles. The van der Waals surface area contributed by atoms with Crippen LogP contribution < -0.4 is 10.0 Å². The molecule has 5 atom stereocenters. The minimum Gasteiger partial charge on any atom is -0.434 e. The molecule has 1 aliphatic heterocycles. The molecule has 0 saturated carbocycles. The molecule has 2 heterocycles. The third-order valence-electron chi connectivity index (χ3n) is 6.15.